The van der Waals surface area contributed by atoms with Crippen LogP contribution in [-0.4, -0.2) is 26.4 Å². The van der Waals surface area contributed by atoms with E-state index in [9.17, 15) is 0 Å². The van der Waals surface area contributed by atoms with Crippen LogP contribution in [0.1, 0.15) is 11.1 Å². The molecule has 0 spiro atoms. The van der Waals surface area contributed by atoms with Crippen LogP contribution >= 0.6 is 27.3 Å². The Morgan fingerprint density at radius 2 is 1.96 bits per heavy atom. The molecule has 6 nitrogen and oxygen atoms in total. The van der Waals surface area contributed by atoms with Crippen LogP contribution in [0.15, 0.2) is 53.0 Å². The van der Waals surface area contributed by atoms with Gasteiger partial charge in [-0.15, -0.1) is 10.2 Å². The number of fused-ring (bicyclic) bond motifs is 2. The maximum Gasteiger partial charge on any atom is 0.235 e. The van der Waals surface area contributed by atoms with Crippen LogP contribution in [0.5, 0.6) is 11.5 Å². The van der Waals surface area contributed by atoms with E-state index < -0.39 is 0 Å². The van der Waals surface area contributed by atoms with Crippen LogP contribution in [0.25, 0.3) is 16.3 Å². The van der Waals surface area contributed by atoms with E-state index in [1.54, 1.807) is 4.52 Å². The summed E-state index contributed by atoms with van der Waals surface area (Å²) in [6.07, 6.45) is -0.253. The van der Waals surface area contributed by atoms with E-state index in [1.807, 2.05) is 48.5 Å². The molecule has 3 heterocycles. The fourth-order valence-electron chi connectivity index (χ4n) is 2.71. The number of ether oxygens (including phenoxy) is 2. The molecule has 0 N–H and O–H groups in total. The molecule has 1 aliphatic rings. The first-order valence-electron chi connectivity index (χ1n) is 7.64. The average molecular weight is 415 g/mol. The van der Waals surface area contributed by atoms with Gasteiger partial charge in [0.15, 0.2) is 28.4 Å². The van der Waals surface area contributed by atoms with Gasteiger partial charge in [0.05, 0.1) is 0 Å². The van der Waals surface area contributed by atoms with Crippen molar-refractivity contribution in [2.24, 2.45) is 0 Å². The number of nitrogens with zero attached hydrogens (tertiary/aromatic N) is 4. The van der Waals surface area contributed by atoms with E-state index in [0.717, 1.165) is 31.5 Å². The van der Waals surface area contributed by atoms with Crippen molar-refractivity contribution < 1.29 is 9.47 Å². The third-order valence-corrected chi connectivity index (χ3v) is 5.36. The van der Waals surface area contributed by atoms with Crippen molar-refractivity contribution in [1.82, 2.24) is 19.8 Å². The first-order valence-corrected chi connectivity index (χ1v) is 9.25. The van der Waals surface area contributed by atoms with Gasteiger partial charge in [0.2, 0.25) is 4.96 Å². The lowest BCUT2D eigenvalue weighted by atomic mass is 10.2. The maximum absolute atomic E-state index is 6.04. The molecule has 0 bridgehead atoms. The van der Waals surface area contributed by atoms with E-state index in [1.165, 1.54) is 11.3 Å². The van der Waals surface area contributed by atoms with Gasteiger partial charge in [-0.2, -0.15) is 9.61 Å². The molecule has 1 atom stereocenters. The molecule has 0 fully saturated rings. The highest BCUT2D eigenvalue weighted by Gasteiger charge is 2.27. The predicted octanol–water partition coefficient (Wildman–Crippen LogP) is 4.13. The normalized spacial score (nSPS) is 16.3. The molecule has 2 aromatic heterocycles. The van der Waals surface area contributed by atoms with E-state index >= 15 is 0 Å². The second-order valence-corrected chi connectivity index (χ2v) is 7.44. The fourth-order valence-corrected chi connectivity index (χ4v) is 3.96. The smallest absolute Gasteiger partial charge is 0.235 e. The minimum atomic E-state index is -0.253. The fraction of sp³-hybridized carbons (Fsp3) is 0.118. The Bertz CT molecular complexity index is 1080. The van der Waals surface area contributed by atoms with Gasteiger partial charge in [0.25, 0.3) is 0 Å². The summed E-state index contributed by atoms with van der Waals surface area (Å²) in [4.78, 5) is 0.729. The van der Waals surface area contributed by atoms with E-state index in [4.69, 9.17) is 9.47 Å². The lowest BCUT2D eigenvalue weighted by molar-refractivity contribution is 0.0904. The quantitative estimate of drug-likeness (QED) is 0.493. The summed E-state index contributed by atoms with van der Waals surface area (Å²) in [6.45, 7) is 0.424. The molecule has 0 aliphatic carbocycles. The molecule has 0 radical (unpaired) electrons. The molecule has 0 saturated carbocycles. The molecule has 25 heavy (non-hydrogen) atoms. The Hall–Kier alpha value is -2.45. The molecular formula is C17H11BrN4O2S. The Kier molecular flexibility index (Phi) is 3.46. The molecule has 0 unspecified atom stereocenters. The van der Waals surface area contributed by atoms with Crippen LogP contribution in [0, 0.1) is 0 Å². The second kappa shape index (κ2) is 5.82. The van der Waals surface area contributed by atoms with Crippen molar-refractivity contribution in [2.45, 2.75) is 6.10 Å². The highest BCUT2D eigenvalue weighted by Crippen LogP contribution is 2.37. The Balaban J connectivity index is 1.52. The van der Waals surface area contributed by atoms with Crippen LogP contribution in [0.3, 0.4) is 0 Å². The van der Waals surface area contributed by atoms with Crippen molar-refractivity contribution in [3.8, 4) is 22.9 Å². The van der Waals surface area contributed by atoms with Gasteiger partial charge in [-0.05, 0) is 24.3 Å². The van der Waals surface area contributed by atoms with Crippen molar-refractivity contribution >= 4 is 32.2 Å². The number of benzene rings is 2. The minimum Gasteiger partial charge on any atom is -0.485 e. The summed E-state index contributed by atoms with van der Waals surface area (Å²) in [5, 5.41) is 14.0. The summed E-state index contributed by atoms with van der Waals surface area (Å²) in [6, 6.07) is 15.6. The van der Waals surface area contributed by atoms with Gasteiger partial charge < -0.3 is 9.47 Å². The summed E-state index contributed by atoms with van der Waals surface area (Å²) in [5.41, 5.74) is 0.949. The van der Waals surface area contributed by atoms with Crippen molar-refractivity contribution in [3.05, 3.63) is 58.0 Å². The molecule has 1 aliphatic heterocycles. The molecular weight excluding hydrogens is 404 g/mol. The average Bonchev–Trinajstić information content (AvgIpc) is 3.22. The van der Waals surface area contributed by atoms with E-state index in [2.05, 4.69) is 31.2 Å². The van der Waals surface area contributed by atoms with Crippen LogP contribution in [-0.2, 0) is 0 Å². The van der Waals surface area contributed by atoms with Gasteiger partial charge in [-0.25, -0.2) is 0 Å². The molecule has 0 amide bonds. The van der Waals surface area contributed by atoms with Crippen LogP contribution in [0.4, 0.5) is 0 Å². The van der Waals surface area contributed by atoms with Crippen LogP contribution < -0.4 is 9.47 Å². The summed E-state index contributed by atoms with van der Waals surface area (Å²) < 4.78 is 14.6. The number of hydrogen-bond acceptors (Lipinski definition) is 6. The summed E-state index contributed by atoms with van der Waals surface area (Å²) >= 11 is 4.94. The highest BCUT2D eigenvalue weighted by molar-refractivity contribution is 9.10. The Labute approximate surface area is 155 Å². The third kappa shape index (κ3) is 2.58. The number of rotatable bonds is 2. The molecule has 8 heteroatoms. The number of aromatic nitrogens is 4. The van der Waals surface area contributed by atoms with Gasteiger partial charge in [-0.1, -0.05) is 51.5 Å². The summed E-state index contributed by atoms with van der Waals surface area (Å²) in [7, 11) is 0. The minimum absolute atomic E-state index is 0.253. The Morgan fingerprint density at radius 1 is 1.08 bits per heavy atom. The van der Waals surface area contributed by atoms with Crippen molar-refractivity contribution in [3.63, 3.8) is 0 Å². The zero-order chi connectivity index (χ0) is 16.8. The largest absolute Gasteiger partial charge is 0.485 e. The first kappa shape index (κ1) is 14.9. The van der Waals surface area contributed by atoms with Gasteiger partial charge >= 0.3 is 0 Å². The number of halogens is 1. The lowest BCUT2D eigenvalue weighted by Crippen LogP contribution is -2.21. The number of para-hydroxylation sites is 2. The SMILES string of the molecule is Brc1cccc(-c2nnc3sc([C@@H]4COc5ccccc5O4)nn23)c1. The van der Waals surface area contributed by atoms with Gasteiger partial charge in [-0.3, -0.25) is 0 Å². The Morgan fingerprint density at radius 3 is 2.84 bits per heavy atom. The second-order valence-electron chi connectivity index (χ2n) is 5.53. The lowest BCUT2D eigenvalue weighted by Gasteiger charge is -2.24. The van der Waals surface area contributed by atoms with Crippen LogP contribution in [0.2, 0.25) is 0 Å². The zero-order valence-corrected chi connectivity index (χ0v) is 15.2. The predicted molar refractivity (Wildman–Crippen MR) is 97.1 cm³/mol. The molecule has 4 aromatic rings. The topological polar surface area (TPSA) is 61.5 Å². The number of hydrogen-bond donors (Lipinski definition) is 0. The van der Waals surface area contributed by atoms with E-state index in [0.29, 0.717) is 12.4 Å². The standard InChI is InChI=1S/C17H11BrN4O2S/c18-11-5-3-4-10(8-11)15-19-20-17-22(15)21-16(25-17)14-9-23-12-6-1-2-7-13(12)24-14/h1-8,14H,9H2/t14-/m0/s1. The monoisotopic (exact) mass is 414 g/mol. The summed E-state index contributed by atoms with van der Waals surface area (Å²) in [5.74, 6) is 2.20. The molecule has 124 valence electrons. The highest BCUT2D eigenvalue weighted by atomic mass is 79.9. The van der Waals surface area contributed by atoms with E-state index in [-0.39, 0.29) is 6.10 Å². The molecule has 2 aromatic carbocycles. The first-order chi connectivity index (χ1) is 12.3. The molecule has 0 saturated heterocycles. The zero-order valence-electron chi connectivity index (χ0n) is 12.8. The van der Waals surface area contributed by atoms with Gasteiger partial charge in [0.1, 0.15) is 6.61 Å². The van der Waals surface area contributed by atoms with Crippen molar-refractivity contribution in [1.29, 1.82) is 0 Å². The maximum atomic E-state index is 6.04. The third-order valence-electron chi connectivity index (χ3n) is 3.87. The molecule has 5 rings (SSSR count). The van der Waals surface area contributed by atoms with Gasteiger partial charge in [0, 0.05) is 10.0 Å². The van der Waals surface area contributed by atoms with Crippen molar-refractivity contribution in [2.75, 3.05) is 6.61 Å².